The van der Waals surface area contributed by atoms with E-state index in [9.17, 15) is 0 Å². The van der Waals surface area contributed by atoms with E-state index in [0.29, 0.717) is 18.1 Å². The Morgan fingerprint density at radius 1 is 1.21 bits per heavy atom. The normalized spacial score (nSPS) is 29.3. The maximum Gasteiger partial charge on any atom is 0.0991 e. The summed E-state index contributed by atoms with van der Waals surface area (Å²) >= 11 is 0. The Bertz CT molecular complexity index is 460. The van der Waals surface area contributed by atoms with E-state index in [2.05, 4.69) is 35.3 Å². The molecule has 3 nitrogen and oxygen atoms in total. The second-order valence-electron chi connectivity index (χ2n) is 5.68. The summed E-state index contributed by atoms with van der Waals surface area (Å²) in [6.45, 7) is 3.26. The lowest BCUT2D eigenvalue weighted by Crippen LogP contribution is -2.49. The minimum absolute atomic E-state index is 0.677. The van der Waals surface area contributed by atoms with Gasteiger partial charge in [0.2, 0.25) is 0 Å². The summed E-state index contributed by atoms with van der Waals surface area (Å²) in [5, 5.41) is 12.5. The van der Waals surface area contributed by atoms with Gasteiger partial charge in [0.25, 0.3) is 0 Å². The van der Waals surface area contributed by atoms with Gasteiger partial charge in [0.1, 0.15) is 0 Å². The minimum atomic E-state index is 0.677. The first-order valence-electron chi connectivity index (χ1n) is 7.33. The molecule has 1 aromatic carbocycles. The highest BCUT2D eigenvalue weighted by atomic mass is 15.2. The van der Waals surface area contributed by atoms with Crippen molar-refractivity contribution in [3.05, 3.63) is 29.8 Å². The molecule has 3 heteroatoms. The van der Waals surface area contributed by atoms with Gasteiger partial charge in [0, 0.05) is 23.8 Å². The summed E-state index contributed by atoms with van der Waals surface area (Å²) < 4.78 is 0. The first-order valence-corrected chi connectivity index (χ1v) is 7.33. The van der Waals surface area contributed by atoms with Gasteiger partial charge in [-0.05, 0) is 56.5 Å². The molecule has 2 saturated heterocycles. The molecule has 2 fully saturated rings. The van der Waals surface area contributed by atoms with E-state index in [-0.39, 0.29) is 0 Å². The molecule has 2 heterocycles. The zero-order valence-electron chi connectivity index (χ0n) is 11.5. The summed E-state index contributed by atoms with van der Waals surface area (Å²) in [6.07, 6.45) is 5.13. The Morgan fingerprint density at radius 2 is 1.84 bits per heavy atom. The van der Waals surface area contributed by atoms with Crippen LogP contribution in [0.1, 0.15) is 38.2 Å². The Hall–Kier alpha value is -1.53. The quantitative estimate of drug-likeness (QED) is 0.902. The average molecular weight is 255 g/mol. The standard InChI is InChI=1S/C16H21N3/c1-2-18-13-9-15-7-8-16(10-13)19(15)14-5-3-12(11-17)4-6-14/h3-6,13,15-16,18H,2,7-10H2,1H3. The number of hydrogen-bond acceptors (Lipinski definition) is 3. The number of piperidine rings is 1. The Morgan fingerprint density at radius 3 is 2.37 bits per heavy atom. The van der Waals surface area contributed by atoms with Crippen molar-refractivity contribution in [3.8, 4) is 6.07 Å². The lowest BCUT2D eigenvalue weighted by Gasteiger charge is -2.41. The van der Waals surface area contributed by atoms with Crippen LogP contribution < -0.4 is 10.2 Å². The fourth-order valence-corrected chi connectivity index (χ4v) is 3.76. The molecular formula is C16H21N3. The lowest BCUT2D eigenvalue weighted by atomic mass is 9.96. The summed E-state index contributed by atoms with van der Waals surface area (Å²) in [5.74, 6) is 0. The third kappa shape index (κ3) is 2.33. The summed E-state index contributed by atoms with van der Waals surface area (Å²) in [4.78, 5) is 2.59. The molecule has 2 atom stereocenters. The van der Waals surface area contributed by atoms with Gasteiger partial charge in [-0.25, -0.2) is 0 Å². The van der Waals surface area contributed by atoms with E-state index in [4.69, 9.17) is 5.26 Å². The number of nitrogens with zero attached hydrogens (tertiary/aromatic N) is 2. The number of benzene rings is 1. The van der Waals surface area contributed by atoms with Crippen molar-refractivity contribution in [2.75, 3.05) is 11.4 Å². The van der Waals surface area contributed by atoms with Crippen molar-refractivity contribution in [3.63, 3.8) is 0 Å². The number of anilines is 1. The molecule has 0 aliphatic carbocycles. The van der Waals surface area contributed by atoms with Gasteiger partial charge < -0.3 is 10.2 Å². The molecule has 100 valence electrons. The third-order valence-electron chi connectivity index (χ3n) is 4.52. The van der Waals surface area contributed by atoms with Gasteiger partial charge in [-0.2, -0.15) is 5.26 Å². The molecule has 0 amide bonds. The Kier molecular flexibility index (Phi) is 3.44. The largest absolute Gasteiger partial charge is 0.365 e. The van der Waals surface area contributed by atoms with E-state index in [1.54, 1.807) is 0 Å². The molecule has 2 unspecified atom stereocenters. The molecule has 1 aromatic rings. The Labute approximate surface area is 115 Å². The molecule has 0 spiro atoms. The number of rotatable bonds is 3. The van der Waals surface area contributed by atoms with Crippen molar-refractivity contribution < 1.29 is 0 Å². The maximum atomic E-state index is 8.88. The van der Waals surface area contributed by atoms with Crippen LogP contribution in [0.3, 0.4) is 0 Å². The molecule has 2 aliphatic heterocycles. The van der Waals surface area contributed by atoms with E-state index in [1.807, 2.05) is 12.1 Å². The van der Waals surface area contributed by atoms with Crippen molar-refractivity contribution in [1.29, 1.82) is 5.26 Å². The van der Waals surface area contributed by atoms with E-state index in [1.165, 1.54) is 31.4 Å². The van der Waals surface area contributed by atoms with Crippen LogP contribution in [0.5, 0.6) is 0 Å². The molecule has 3 rings (SSSR count). The SMILES string of the molecule is CCNC1CC2CCC(C1)N2c1ccc(C#N)cc1. The van der Waals surface area contributed by atoms with Gasteiger partial charge in [0.15, 0.2) is 0 Å². The Balaban J connectivity index is 1.77. The molecular weight excluding hydrogens is 234 g/mol. The maximum absolute atomic E-state index is 8.88. The lowest BCUT2D eigenvalue weighted by molar-refractivity contribution is 0.361. The smallest absolute Gasteiger partial charge is 0.0991 e. The van der Waals surface area contributed by atoms with E-state index < -0.39 is 0 Å². The van der Waals surface area contributed by atoms with Crippen molar-refractivity contribution in [1.82, 2.24) is 5.32 Å². The predicted molar refractivity (Wildman–Crippen MR) is 77.1 cm³/mol. The van der Waals surface area contributed by atoms with Gasteiger partial charge in [-0.3, -0.25) is 0 Å². The minimum Gasteiger partial charge on any atom is -0.365 e. The van der Waals surface area contributed by atoms with Gasteiger partial charge >= 0.3 is 0 Å². The second kappa shape index (κ2) is 5.22. The topological polar surface area (TPSA) is 39.1 Å². The highest BCUT2D eigenvalue weighted by Gasteiger charge is 2.40. The van der Waals surface area contributed by atoms with Crippen molar-refractivity contribution in [2.24, 2.45) is 0 Å². The summed E-state index contributed by atoms with van der Waals surface area (Å²) in [5.41, 5.74) is 2.04. The van der Waals surface area contributed by atoms with Crippen molar-refractivity contribution in [2.45, 2.75) is 50.7 Å². The van der Waals surface area contributed by atoms with Crippen LogP contribution in [0, 0.1) is 11.3 Å². The monoisotopic (exact) mass is 255 g/mol. The fraction of sp³-hybridized carbons (Fsp3) is 0.562. The first kappa shape index (κ1) is 12.5. The molecule has 0 radical (unpaired) electrons. The number of fused-ring (bicyclic) bond motifs is 2. The van der Waals surface area contributed by atoms with Gasteiger partial charge in [0.05, 0.1) is 11.6 Å². The molecule has 0 aromatic heterocycles. The van der Waals surface area contributed by atoms with Crippen LogP contribution in [0.4, 0.5) is 5.69 Å². The molecule has 2 bridgehead atoms. The number of hydrogen-bond donors (Lipinski definition) is 1. The van der Waals surface area contributed by atoms with Gasteiger partial charge in [-0.15, -0.1) is 0 Å². The molecule has 19 heavy (non-hydrogen) atoms. The zero-order chi connectivity index (χ0) is 13.2. The summed E-state index contributed by atoms with van der Waals surface area (Å²) in [6, 6.07) is 12.3. The van der Waals surface area contributed by atoms with Crippen LogP contribution in [0.15, 0.2) is 24.3 Å². The van der Waals surface area contributed by atoms with Gasteiger partial charge in [-0.1, -0.05) is 6.92 Å². The van der Waals surface area contributed by atoms with Crippen LogP contribution in [-0.4, -0.2) is 24.7 Å². The number of nitriles is 1. The number of nitrogens with one attached hydrogen (secondary N) is 1. The summed E-state index contributed by atoms with van der Waals surface area (Å²) in [7, 11) is 0. The third-order valence-corrected chi connectivity index (χ3v) is 4.52. The predicted octanol–water partition coefficient (Wildman–Crippen LogP) is 2.67. The second-order valence-corrected chi connectivity index (χ2v) is 5.68. The van der Waals surface area contributed by atoms with E-state index in [0.717, 1.165) is 12.1 Å². The zero-order valence-corrected chi connectivity index (χ0v) is 11.5. The highest BCUT2D eigenvalue weighted by molar-refractivity contribution is 5.53. The average Bonchev–Trinajstić information content (AvgIpc) is 2.71. The first-order chi connectivity index (χ1) is 9.31. The van der Waals surface area contributed by atoms with Crippen LogP contribution in [0.2, 0.25) is 0 Å². The highest BCUT2D eigenvalue weighted by Crippen LogP contribution is 2.39. The molecule has 0 saturated carbocycles. The van der Waals surface area contributed by atoms with Crippen LogP contribution >= 0.6 is 0 Å². The van der Waals surface area contributed by atoms with E-state index >= 15 is 0 Å². The van der Waals surface area contributed by atoms with Crippen LogP contribution in [-0.2, 0) is 0 Å². The van der Waals surface area contributed by atoms with Crippen molar-refractivity contribution >= 4 is 5.69 Å². The molecule has 1 N–H and O–H groups in total. The van der Waals surface area contributed by atoms with Crippen LogP contribution in [0.25, 0.3) is 0 Å². The molecule has 2 aliphatic rings. The fourth-order valence-electron chi connectivity index (χ4n) is 3.76.